The molecule has 1 heterocycles. The summed E-state index contributed by atoms with van der Waals surface area (Å²) in [7, 11) is -3.30. The number of carbonyl (C=O) groups excluding carboxylic acids is 1. The maximum atomic E-state index is 11.2. The lowest BCUT2D eigenvalue weighted by molar-refractivity contribution is 0.102. The van der Waals surface area contributed by atoms with Crippen LogP contribution in [-0.2, 0) is 9.84 Å². The van der Waals surface area contributed by atoms with E-state index in [9.17, 15) is 13.2 Å². The lowest BCUT2D eigenvalue weighted by Gasteiger charge is -1.92. The highest BCUT2D eigenvalue weighted by molar-refractivity contribution is 7.92. The molecule has 0 saturated carbocycles. The first kappa shape index (κ1) is 7.49. The van der Waals surface area contributed by atoms with Crippen molar-refractivity contribution in [1.82, 2.24) is 0 Å². The fraction of sp³-hybridized carbons (Fsp3) is 0.125. The highest BCUT2D eigenvalue weighted by Gasteiger charge is 2.32. The van der Waals surface area contributed by atoms with Gasteiger partial charge in [0.1, 0.15) is 5.75 Å². The monoisotopic (exact) mass is 182 g/mol. The van der Waals surface area contributed by atoms with E-state index in [2.05, 4.69) is 0 Å². The molecular weight excluding hydrogens is 176 g/mol. The molecule has 0 aromatic heterocycles. The SMILES string of the molecule is O=C1CS(=O)(=O)c2ccccc21. The first-order valence-electron chi connectivity index (χ1n) is 3.46. The van der Waals surface area contributed by atoms with E-state index in [0.29, 0.717) is 5.56 Å². The van der Waals surface area contributed by atoms with Crippen molar-refractivity contribution >= 4 is 15.6 Å². The third-order valence-electron chi connectivity index (χ3n) is 1.84. The fourth-order valence-electron chi connectivity index (χ4n) is 1.30. The average molecular weight is 182 g/mol. The largest absolute Gasteiger partial charge is 0.293 e. The summed E-state index contributed by atoms with van der Waals surface area (Å²) in [5, 5.41) is 0. The summed E-state index contributed by atoms with van der Waals surface area (Å²) in [5.41, 5.74) is 0.331. The van der Waals surface area contributed by atoms with Gasteiger partial charge in [-0.3, -0.25) is 4.79 Å². The molecule has 0 aliphatic carbocycles. The average Bonchev–Trinajstić information content (AvgIpc) is 2.25. The highest BCUT2D eigenvalue weighted by atomic mass is 32.2. The first-order valence-corrected chi connectivity index (χ1v) is 5.11. The van der Waals surface area contributed by atoms with Crippen LogP contribution in [-0.4, -0.2) is 20.0 Å². The number of rotatable bonds is 0. The molecule has 0 amide bonds. The van der Waals surface area contributed by atoms with Crippen LogP contribution in [0.1, 0.15) is 10.4 Å². The summed E-state index contributed by atoms with van der Waals surface area (Å²) in [6.07, 6.45) is 0. The molecule has 2 rings (SSSR count). The van der Waals surface area contributed by atoms with Crippen LogP contribution in [0.4, 0.5) is 0 Å². The lowest BCUT2D eigenvalue weighted by Crippen LogP contribution is -2.03. The van der Waals surface area contributed by atoms with Gasteiger partial charge in [0.15, 0.2) is 15.6 Å². The van der Waals surface area contributed by atoms with Gasteiger partial charge >= 0.3 is 0 Å². The van der Waals surface area contributed by atoms with E-state index in [0.717, 1.165) is 0 Å². The normalized spacial score (nSPS) is 19.2. The van der Waals surface area contributed by atoms with E-state index in [-0.39, 0.29) is 16.4 Å². The van der Waals surface area contributed by atoms with Gasteiger partial charge in [-0.1, -0.05) is 18.2 Å². The Balaban J connectivity index is 2.83. The summed E-state index contributed by atoms with van der Waals surface area (Å²) < 4.78 is 22.5. The molecule has 1 aromatic rings. The third-order valence-corrected chi connectivity index (χ3v) is 3.51. The second kappa shape index (κ2) is 2.17. The van der Waals surface area contributed by atoms with Gasteiger partial charge in [0.05, 0.1) is 4.90 Å². The minimum atomic E-state index is -3.30. The number of sulfone groups is 1. The summed E-state index contributed by atoms with van der Waals surface area (Å²) in [4.78, 5) is 11.3. The molecule has 0 fully saturated rings. The Labute approximate surface area is 69.9 Å². The van der Waals surface area contributed by atoms with Crippen molar-refractivity contribution in [3.05, 3.63) is 29.8 Å². The van der Waals surface area contributed by atoms with Crippen molar-refractivity contribution in [2.45, 2.75) is 4.90 Å². The van der Waals surface area contributed by atoms with Crippen LogP contribution in [0.2, 0.25) is 0 Å². The molecule has 0 saturated heterocycles. The second-order valence-electron chi connectivity index (χ2n) is 2.68. The standard InChI is InChI=1S/C8H6O3S/c9-7-5-12(10,11)8-4-2-1-3-6(7)8/h1-4H,5H2. The lowest BCUT2D eigenvalue weighted by atomic mass is 10.2. The van der Waals surface area contributed by atoms with Crippen molar-refractivity contribution in [1.29, 1.82) is 0 Å². The first-order chi connectivity index (χ1) is 5.61. The van der Waals surface area contributed by atoms with E-state index in [1.165, 1.54) is 6.07 Å². The maximum Gasteiger partial charge on any atom is 0.186 e. The van der Waals surface area contributed by atoms with E-state index in [1.54, 1.807) is 18.2 Å². The molecule has 1 aliphatic heterocycles. The molecule has 0 radical (unpaired) electrons. The zero-order valence-electron chi connectivity index (χ0n) is 6.15. The van der Waals surface area contributed by atoms with Crippen LogP contribution in [0.3, 0.4) is 0 Å². The minimum absolute atomic E-state index is 0.176. The van der Waals surface area contributed by atoms with Crippen molar-refractivity contribution in [3.8, 4) is 0 Å². The van der Waals surface area contributed by atoms with Crippen molar-refractivity contribution in [2.24, 2.45) is 0 Å². The summed E-state index contributed by atoms with van der Waals surface area (Å²) in [5.74, 6) is -0.669. The Kier molecular flexibility index (Phi) is 1.35. The molecule has 1 aliphatic rings. The maximum absolute atomic E-state index is 11.2. The van der Waals surface area contributed by atoms with Crippen molar-refractivity contribution in [3.63, 3.8) is 0 Å². The number of benzene rings is 1. The fourth-order valence-corrected chi connectivity index (χ4v) is 2.76. The summed E-state index contributed by atoms with van der Waals surface area (Å²) >= 11 is 0. The Morgan fingerprint density at radius 1 is 1.17 bits per heavy atom. The van der Waals surface area contributed by atoms with E-state index in [1.807, 2.05) is 0 Å². The predicted octanol–water partition coefficient (Wildman–Crippen LogP) is 0.657. The van der Waals surface area contributed by atoms with Crippen LogP contribution in [0.15, 0.2) is 29.2 Å². The third kappa shape index (κ3) is 0.881. The number of Topliss-reactive ketones (excluding diaryl/α,β-unsaturated/α-hetero) is 1. The Hall–Kier alpha value is -1.16. The smallest absolute Gasteiger partial charge is 0.186 e. The van der Waals surface area contributed by atoms with Gasteiger partial charge in [-0.15, -0.1) is 0 Å². The van der Waals surface area contributed by atoms with Gasteiger partial charge in [0.2, 0.25) is 0 Å². The molecule has 0 bridgehead atoms. The Morgan fingerprint density at radius 3 is 2.50 bits per heavy atom. The molecule has 0 N–H and O–H groups in total. The van der Waals surface area contributed by atoms with Gasteiger partial charge in [0.25, 0.3) is 0 Å². The van der Waals surface area contributed by atoms with Gasteiger partial charge < -0.3 is 0 Å². The van der Waals surface area contributed by atoms with Gasteiger partial charge in [-0.05, 0) is 6.07 Å². The van der Waals surface area contributed by atoms with E-state index in [4.69, 9.17) is 0 Å². The molecule has 62 valence electrons. The van der Waals surface area contributed by atoms with Gasteiger partial charge in [0, 0.05) is 5.56 Å². The number of hydrogen-bond acceptors (Lipinski definition) is 3. The number of fused-ring (bicyclic) bond motifs is 1. The van der Waals surface area contributed by atoms with Crippen molar-refractivity contribution < 1.29 is 13.2 Å². The Bertz CT molecular complexity index is 445. The second-order valence-corrected chi connectivity index (χ2v) is 4.64. The predicted molar refractivity (Wildman–Crippen MR) is 42.8 cm³/mol. The molecule has 3 nitrogen and oxygen atoms in total. The van der Waals surface area contributed by atoms with Crippen LogP contribution >= 0.6 is 0 Å². The zero-order chi connectivity index (χ0) is 8.77. The summed E-state index contributed by atoms with van der Waals surface area (Å²) in [6, 6.07) is 6.30. The van der Waals surface area contributed by atoms with Gasteiger partial charge in [-0.25, -0.2) is 8.42 Å². The summed E-state index contributed by atoms with van der Waals surface area (Å²) in [6.45, 7) is 0. The number of carbonyl (C=O) groups is 1. The van der Waals surface area contributed by atoms with Crippen LogP contribution in [0, 0.1) is 0 Å². The van der Waals surface area contributed by atoms with Crippen molar-refractivity contribution in [2.75, 3.05) is 5.75 Å². The molecule has 0 atom stereocenters. The number of ketones is 1. The molecule has 0 spiro atoms. The number of hydrogen-bond donors (Lipinski definition) is 0. The molecule has 1 aromatic carbocycles. The Morgan fingerprint density at radius 2 is 1.83 bits per heavy atom. The zero-order valence-corrected chi connectivity index (χ0v) is 6.97. The molecule has 0 unspecified atom stereocenters. The molecule has 4 heteroatoms. The van der Waals surface area contributed by atoms with Gasteiger partial charge in [-0.2, -0.15) is 0 Å². The van der Waals surface area contributed by atoms with Crippen LogP contribution in [0.5, 0.6) is 0 Å². The molecular formula is C8H6O3S. The van der Waals surface area contributed by atoms with Crippen LogP contribution < -0.4 is 0 Å². The quantitative estimate of drug-likeness (QED) is 0.592. The molecule has 12 heavy (non-hydrogen) atoms. The highest BCUT2D eigenvalue weighted by Crippen LogP contribution is 2.24. The van der Waals surface area contributed by atoms with E-state index >= 15 is 0 Å². The van der Waals surface area contributed by atoms with Crippen LogP contribution in [0.25, 0.3) is 0 Å². The topological polar surface area (TPSA) is 51.2 Å². The van der Waals surface area contributed by atoms with E-state index < -0.39 is 9.84 Å². The minimum Gasteiger partial charge on any atom is -0.293 e.